The van der Waals surface area contributed by atoms with Crippen molar-refractivity contribution in [1.82, 2.24) is 0 Å². The molecule has 1 aromatic carbocycles. The van der Waals surface area contributed by atoms with Gasteiger partial charge in [-0.25, -0.2) is 0 Å². The molecule has 0 bridgehead atoms. The molecule has 14 heavy (non-hydrogen) atoms. The lowest BCUT2D eigenvalue weighted by Gasteiger charge is -2.09. The highest BCUT2D eigenvalue weighted by Crippen LogP contribution is 2.18. The minimum Gasteiger partial charge on any atom is -0.491 e. The smallest absolute Gasteiger partial charge is 0.148 e. The molecule has 2 heteroatoms. The third-order valence-electron chi connectivity index (χ3n) is 1.52. The molecule has 0 saturated carbocycles. The highest BCUT2D eigenvalue weighted by atomic mass is 16.5. The maximum Gasteiger partial charge on any atom is 0.148 e. The number of terminal acetylenes is 1. The summed E-state index contributed by atoms with van der Waals surface area (Å²) in [5.74, 6) is 4.01. The van der Waals surface area contributed by atoms with Gasteiger partial charge in [-0.1, -0.05) is 5.92 Å². The molecule has 0 unspecified atom stereocenters. The van der Waals surface area contributed by atoms with Gasteiger partial charge < -0.3 is 9.47 Å². The average molecular weight is 190 g/mol. The molecule has 0 saturated heterocycles. The van der Waals surface area contributed by atoms with Crippen LogP contribution in [-0.2, 0) is 0 Å². The summed E-state index contributed by atoms with van der Waals surface area (Å²) in [6.45, 7) is 4.27. The zero-order valence-corrected chi connectivity index (χ0v) is 8.49. The molecule has 0 atom stereocenters. The van der Waals surface area contributed by atoms with E-state index in [0.29, 0.717) is 6.61 Å². The van der Waals surface area contributed by atoms with Crippen LogP contribution in [0.4, 0.5) is 0 Å². The Balaban J connectivity index is 2.56. The second kappa shape index (κ2) is 5.18. The van der Waals surface area contributed by atoms with E-state index in [1.54, 1.807) is 0 Å². The van der Waals surface area contributed by atoms with Crippen molar-refractivity contribution in [3.8, 4) is 23.8 Å². The summed E-state index contributed by atoms with van der Waals surface area (Å²) in [4.78, 5) is 0. The molecule has 0 aliphatic carbocycles. The molecule has 0 aliphatic rings. The van der Waals surface area contributed by atoms with E-state index in [1.165, 1.54) is 0 Å². The van der Waals surface area contributed by atoms with Gasteiger partial charge in [-0.15, -0.1) is 6.42 Å². The quantitative estimate of drug-likeness (QED) is 0.679. The van der Waals surface area contributed by atoms with Crippen LogP contribution >= 0.6 is 0 Å². The van der Waals surface area contributed by atoms with Gasteiger partial charge in [0.25, 0.3) is 0 Å². The first kappa shape index (κ1) is 10.5. The summed E-state index contributed by atoms with van der Waals surface area (Å²) in [6, 6.07) is 7.42. The standard InChI is InChI=1S/C12H14O2/c1-4-9-13-11-5-7-12(8-6-11)14-10(2)3/h1,5-8,10H,9H2,2-3H3. The number of hydrogen-bond donors (Lipinski definition) is 0. The van der Waals surface area contributed by atoms with Crippen molar-refractivity contribution in [2.45, 2.75) is 20.0 Å². The monoisotopic (exact) mass is 190 g/mol. The van der Waals surface area contributed by atoms with Crippen LogP contribution in [0.3, 0.4) is 0 Å². The van der Waals surface area contributed by atoms with E-state index < -0.39 is 0 Å². The van der Waals surface area contributed by atoms with Crippen LogP contribution in [0.15, 0.2) is 24.3 Å². The van der Waals surface area contributed by atoms with Crippen molar-refractivity contribution >= 4 is 0 Å². The Morgan fingerprint density at radius 2 is 1.79 bits per heavy atom. The number of benzene rings is 1. The van der Waals surface area contributed by atoms with Crippen LogP contribution in [-0.4, -0.2) is 12.7 Å². The topological polar surface area (TPSA) is 18.5 Å². The Labute approximate surface area is 84.8 Å². The van der Waals surface area contributed by atoms with Gasteiger partial charge in [0.15, 0.2) is 0 Å². The van der Waals surface area contributed by atoms with Gasteiger partial charge in [0.2, 0.25) is 0 Å². The van der Waals surface area contributed by atoms with Crippen LogP contribution in [0.2, 0.25) is 0 Å². The zero-order valence-electron chi connectivity index (χ0n) is 8.49. The van der Waals surface area contributed by atoms with Crippen LogP contribution in [0, 0.1) is 12.3 Å². The SMILES string of the molecule is C#CCOc1ccc(OC(C)C)cc1. The van der Waals surface area contributed by atoms with Crippen molar-refractivity contribution in [2.24, 2.45) is 0 Å². The molecule has 1 aromatic rings. The van der Waals surface area contributed by atoms with E-state index in [9.17, 15) is 0 Å². The number of rotatable bonds is 4. The first-order valence-corrected chi connectivity index (χ1v) is 4.55. The fourth-order valence-corrected chi connectivity index (χ4v) is 1.01. The Morgan fingerprint density at radius 1 is 1.21 bits per heavy atom. The Hall–Kier alpha value is -1.62. The van der Waals surface area contributed by atoms with Gasteiger partial charge in [-0.2, -0.15) is 0 Å². The molecule has 0 amide bonds. The maximum atomic E-state index is 5.48. The summed E-state index contributed by atoms with van der Waals surface area (Å²) >= 11 is 0. The van der Waals surface area contributed by atoms with Crippen LogP contribution in [0.25, 0.3) is 0 Å². The maximum absolute atomic E-state index is 5.48. The predicted molar refractivity (Wildman–Crippen MR) is 56.5 cm³/mol. The van der Waals surface area contributed by atoms with Crippen LogP contribution < -0.4 is 9.47 Å². The summed E-state index contributed by atoms with van der Waals surface area (Å²) in [5.41, 5.74) is 0. The third kappa shape index (κ3) is 3.40. The van der Waals surface area contributed by atoms with E-state index >= 15 is 0 Å². The molecule has 2 nitrogen and oxygen atoms in total. The van der Waals surface area contributed by atoms with Gasteiger partial charge in [-0.3, -0.25) is 0 Å². The molecule has 0 aliphatic heterocycles. The normalized spacial score (nSPS) is 9.57. The van der Waals surface area contributed by atoms with E-state index in [2.05, 4.69) is 5.92 Å². The summed E-state index contributed by atoms with van der Waals surface area (Å²) in [7, 11) is 0. The first-order chi connectivity index (χ1) is 6.72. The average Bonchev–Trinajstić information content (AvgIpc) is 2.16. The number of hydrogen-bond acceptors (Lipinski definition) is 2. The predicted octanol–water partition coefficient (Wildman–Crippen LogP) is 2.49. The first-order valence-electron chi connectivity index (χ1n) is 4.55. The van der Waals surface area contributed by atoms with E-state index in [1.807, 2.05) is 38.1 Å². The molecule has 1 rings (SSSR count). The molecule has 0 radical (unpaired) electrons. The van der Waals surface area contributed by atoms with Crippen LogP contribution in [0.5, 0.6) is 11.5 Å². The summed E-state index contributed by atoms with van der Waals surface area (Å²) in [5, 5.41) is 0. The van der Waals surface area contributed by atoms with Gasteiger partial charge in [0.1, 0.15) is 18.1 Å². The number of ether oxygens (including phenoxy) is 2. The van der Waals surface area contributed by atoms with Crippen LogP contribution in [0.1, 0.15) is 13.8 Å². The lowest BCUT2D eigenvalue weighted by atomic mass is 10.3. The molecule has 74 valence electrons. The second-order valence-electron chi connectivity index (χ2n) is 3.13. The van der Waals surface area contributed by atoms with Crippen molar-refractivity contribution in [1.29, 1.82) is 0 Å². The van der Waals surface area contributed by atoms with E-state index in [-0.39, 0.29) is 6.10 Å². The fraction of sp³-hybridized carbons (Fsp3) is 0.333. The Morgan fingerprint density at radius 3 is 2.29 bits per heavy atom. The molecule has 0 aromatic heterocycles. The minimum absolute atomic E-state index is 0.187. The van der Waals surface area contributed by atoms with Gasteiger partial charge in [-0.05, 0) is 38.1 Å². The van der Waals surface area contributed by atoms with E-state index in [4.69, 9.17) is 15.9 Å². The fourth-order valence-electron chi connectivity index (χ4n) is 1.01. The zero-order chi connectivity index (χ0) is 10.4. The third-order valence-corrected chi connectivity index (χ3v) is 1.52. The molecule has 0 heterocycles. The lowest BCUT2D eigenvalue weighted by molar-refractivity contribution is 0.242. The largest absolute Gasteiger partial charge is 0.491 e. The van der Waals surface area contributed by atoms with Crippen molar-refractivity contribution in [3.05, 3.63) is 24.3 Å². The Bertz CT molecular complexity index is 306. The van der Waals surface area contributed by atoms with Crippen molar-refractivity contribution in [3.63, 3.8) is 0 Å². The molecule has 0 fully saturated rings. The van der Waals surface area contributed by atoms with Crippen molar-refractivity contribution in [2.75, 3.05) is 6.61 Å². The Kier molecular flexibility index (Phi) is 3.87. The highest BCUT2D eigenvalue weighted by Gasteiger charge is 1.97. The summed E-state index contributed by atoms with van der Waals surface area (Å²) < 4.78 is 10.7. The minimum atomic E-state index is 0.187. The highest BCUT2D eigenvalue weighted by molar-refractivity contribution is 5.31. The van der Waals surface area contributed by atoms with E-state index in [0.717, 1.165) is 11.5 Å². The van der Waals surface area contributed by atoms with Gasteiger partial charge in [0, 0.05) is 0 Å². The molecule has 0 spiro atoms. The molecule has 0 N–H and O–H groups in total. The van der Waals surface area contributed by atoms with Gasteiger partial charge in [0.05, 0.1) is 6.10 Å². The van der Waals surface area contributed by atoms with Gasteiger partial charge >= 0.3 is 0 Å². The molecular weight excluding hydrogens is 176 g/mol. The van der Waals surface area contributed by atoms with Crippen molar-refractivity contribution < 1.29 is 9.47 Å². The lowest BCUT2D eigenvalue weighted by Crippen LogP contribution is -2.05. The second-order valence-corrected chi connectivity index (χ2v) is 3.13. The molecular formula is C12H14O2. The summed E-state index contributed by atoms with van der Waals surface area (Å²) in [6.07, 6.45) is 5.26.